The van der Waals surface area contributed by atoms with E-state index in [4.69, 9.17) is 5.11 Å². The molecule has 0 bridgehead atoms. The van der Waals surface area contributed by atoms with Crippen molar-refractivity contribution < 1.29 is 22.6 Å². The minimum Gasteiger partial charge on any atom is -0.480 e. The van der Waals surface area contributed by atoms with E-state index in [-0.39, 0.29) is 12.4 Å². The molecule has 1 heterocycles. The van der Waals surface area contributed by atoms with E-state index >= 15 is 0 Å². The molecule has 2 rings (SSSR count). The molecule has 0 fully saturated rings. The highest BCUT2D eigenvalue weighted by Crippen LogP contribution is 2.30. The molecule has 1 aliphatic heterocycles. The lowest BCUT2D eigenvalue weighted by molar-refractivity contribution is -0.137. The van der Waals surface area contributed by atoms with Gasteiger partial charge in [-0.25, -0.2) is 18.3 Å². The maximum Gasteiger partial charge on any atom is 0.326 e. The predicted molar refractivity (Wildman–Crippen MR) is 72.2 cm³/mol. The molecule has 106 valence electrons. The number of hydroxylamine groups is 1. The summed E-state index contributed by atoms with van der Waals surface area (Å²) in [6.45, 7) is 0. The number of hydrogen-bond donors (Lipinski definition) is 3. The van der Waals surface area contributed by atoms with Gasteiger partial charge in [0.2, 0.25) is 0 Å². The van der Waals surface area contributed by atoms with Crippen LogP contribution >= 0.6 is 12.4 Å². The van der Waals surface area contributed by atoms with Gasteiger partial charge in [0.1, 0.15) is 6.04 Å². The van der Waals surface area contributed by atoms with Gasteiger partial charge < -0.3 is 10.4 Å². The van der Waals surface area contributed by atoms with Crippen LogP contribution in [-0.2, 0) is 26.5 Å². The van der Waals surface area contributed by atoms with Crippen LogP contribution in [0.4, 0.5) is 11.4 Å². The molecule has 7 nitrogen and oxygen atoms in total. The van der Waals surface area contributed by atoms with Gasteiger partial charge >= 0.3 is 5.97 Å². The Morgan fingerprint density at radius 1 is 1.53 bits per heavy atom. The van der Waals surface area contributed by atoms with Crippen LogP contribution in [0.2, 0.25) is 0 Å². The number of hydrogen-bond acceptors (Lipinski definition) is 6. The Morgan fingerprint density at radius 3 is 2.79 bits per heavy atom. The molecule has 1 unspecified atom stereocenters. The molecule has 0 saturated heterocycles. The third kappa shape index (κ3) is 3.49. The van der Waals surface area contributed by atoms with Crippen molar-refractivity contribution in [2.24, 2.45) is 0 Å². The van der Waals surface area contributed by atoms with Gasteiger partial charge in [-0.3, -0.25) is 0 Å². The smallest absolute Gasteiger partial charge is 0.326 e. The zero-order chi connectivity index (χ0) is 13.3. The van der Waals surface area contributed by atoms with Crippen LogP contribution in [0.3, 0.4) is 0 Å². The number of aliphatic carboxylic acids is 1. The van der Waals surface area contributed by atoms with Gasteiger partial charge in [-0.2, -0.15) is 4.28 Å². The molecule has 0 saturated carbocycles. The highest BCUT2D eigenvalue weighted by atomic mass is 35.5. The summed E-state index contributed by atoms with van der Waals surface area (Å²) < 4.78 is 25.4. The number of carboxylic acids is 1. The summed E-state index contributed by atoms with van der Waals surface area (Å²) in [5.41, 5.74) is 2.08. The van der Waals surface area contributed by atoms with Crippen LogP contribution in [0.15, 0.2) is 18.2 Å². The lowest BCUT2D eigenvalue weighted by Gasteiger charge is -2.15. The fourth-order valence-corrected chi connectivity index (χ4v) is 2.12. The van der Waals surface area contributed by atoms with Gasteiger partial charge in [0.15, 0.2) is 0 Å². The Hall–Kier alpha value is -1.51. The second-order valence-electron chi connectivity index (χ2n) is 3.88. The minimum atomic E-state index is -2.98. The summed E-state index contributed by atoms with van der Waals surface area (Å²) in [7, 11) is -1.52. The van der Waals surface area contributed by atoms with E-state index in [1.807, 2.05) is 0 Å². The van der Waals surface area contributed by atoms with Crippen molar-refractivity contribution in [2.45, 2.75) is 12.5 Å². The number of anilines is 2. The molecule has 0 spiro atoms. The second-order valence-corrected chi connectivity index (χ2v) is 4.49. The summed E-state index contributed by atoms with van der Waals surface area (Å²) in [5, 5.41) is 12.9. The summed E-state index contributed by atoms with van der Waals surface area (Å²) in [4.78, 5) is 10.9. The Morgan fingerprint density at radius 2 is 2.21 bits per heavy atom. The summed E-state index contributed by atoms with van der Waals surface area (Å²) in [5.74, 6) is -0.917. The molecule has 9 heteroatoms. The topological polar surface area (TPSA) is 95.9 Å². The van der Waals surface area contributed by atoms with Gasteiger partial charge in [0.05, 0.1) is 5.69 Å². The molecule has 19 heavy (non-hydrogen) atoms. The molecule has 1 aromatic rings. The standard InChI is InChI=1S/C10H12N2O5S.ClH/c1-12(17-18(15)16)7-3-2-6-4-9(10(13)14)11-8(6)5-7;/h2-3,5,9,11,18H,4H2,1H3,(H,13,14);1H. The predicted octanol–water partition coefficient (Wildman–Crippen LogP) is 0.424. The van der Waals surface area contributed by atoms with Crippen molar-refractivity contribution in [1.82, 2.24) is 0 Å². The number of thiol groups is 1. The number of carbonyl (C=O) groups is 1. The molecule has 0 aliphatic carbocycles. The van der Waals surface area contributed by atoms with E-state index in [2.05, 4.69) is 9.60 Å². The fraction of sp³-hybridized carbons (Fsp3) is 0.300. The molecular weight excluding hydrogens is 296 g/mol. The average Bonchev–Trinajstić information content (AvgIpc) is 2.70. The second kappa shape index (κ2) is 6.09. The SMILES string of the molecule is CN(O[SH](=O)=O)c1ccc2c(c1)NC(C(=O)O)C2.Cl. The van der Waals surface area contributed by atoms with E-state index < -0.39 is 23.0 Å². The third-order valence-electron chi connectivity index (χ3n) is 2.70. The molecule has 1 atom stereocenters. The zero-order valence-corrected chi connectivity index (χ0v) is 11.6. The molecular formula is C10H13ClN2O5S. The van der Waals surface area contributed by atoms with Gasteiger partial charge in [0, 0.05) is 19.2 Å². The van der Waals surface area contributed by atoms with Crippen molar-refractivity contribution in [1.29, 1.82) is 0 Å². The Balaban J connectivity index is 0.00000180. The summed E-state index contributed by atoms with van der Waals surface area (Å²) >= 11 is 0. The Labute approximate surface area is 117 Å². The van der Waals surface area contributed by atoms with Gasteiger partial charge in [0.25, 0.3) is 11.0 Å². The van der Waals surface area contributed by atoms with E-state index in [1.54, 1.807) is 18.2 Å². The van der Waals surface area contributed by atoms with Crippen LogP contribution in [0.25, 0.3) is 0 Å². The molecule has 0 aromatic heterocycles. The van der Waals surface area contributed by atoms with Crippen LogP contribution in [0.1, 0.15) is 5.56 Å². The summed E-state index contributed by atoms with van der Waals surface area (Å²) in [6.07, 6.45) is 0.408. The number of fused-ring (bicyclic) bond motifs is 1. The highest BCUT2D eigenvalue weighted by Gasteiger charge is 2.26. The minimum absolute atomic E-state index is 0. The maximum atomic E-state index is 10.9. The zero-order valence-electron chi connectivity index (χ0n) is 9.90. The van der Waals surface area contributed by atoms with Crippen molar-refractivity contribution in [3.63, 3.8) is 0 Å². The van der Waals surface area contributed by atoms with E-state index in [0.717, 1.165) is 10.6 Å². The number of nitrogens with zero attached hydrogens (tertiary/aromatic N) is 1. The van der Waals surface area contributed by atoms with E-state index in [0.29, 0.717) is 17.8 Å². The number of halogens is 1. The number of nitrogens with one attached hydrogen (secondary N) is 1. The first-order chi connectivity index (χ1) is 8.47. The third-order valence-corrected chi connectivity index (χ3v) is 3.08. The first-order valence-electron chi connectivity index (χ1n) is 5.16. The molecule has 1 aromatic carbocycles. The number of benzene rings is 1. The fourth-order valence-electron chi connectivity index (χ4n) is 1.83. The largest absolute Gasteiger partial charge is 0.480 e. The van der Waals surface area contributed by atoms with Crippen molar-refractivity contribution in [3.8, 4) is 0 Å². The van der Waals surface area contributed by atoms with Gasteiger partial charge in [-0.05, 0) is 17.7 Å². The van der Waals surface area contributed by atoms with Crippen molar-refractivity contribution >= 4 is 40.7 Å². The van der Waals surface area contributed by atoms with E-state index in [1.165, 1.54) is 7.05 Å². The van der Waals surface area contributed by atoms with Gasteiger partial charge in [-0.15, -0.1) is 12.4 Å². The number of carboxylic acid groups (broad SMARTS) is 1. The first-order valence-corrected chi connectivity index (χ1v) is 6.25. The first kappa shape index (κ1) is 15.5. The van der Waals surface area contributed by atoms with Gasteiger partial charge in [-0.1, -0.05) is 6.07 Å². The van der Waals surface area contributed by atoms with E-state index in [9.17, 15) is 13.2 Å². The van der Waals surface area contributed by atoms with Crippen molar-refractivity contribution in [3.05, 3.63) is 23.8 Å². The Bertz CT molecular complexity index is 555. The van der Waals surface area contributed by atoms with Crippen LogP contribution in [0.5, 0.6) is 0 Å². The summed E-state index contributed by atoms with van der Waals surface area (Å²) in [6, 6.07) is 4.43. The molecule has 0 radical (unpaired) electrons. The average molecular weight is 309 g/mol. The van der Waals surface area contributed by atoms with Crippen LogP contribution in [0, 0.1) is 0 Å². The quantitative estimate of drug-likeness (QED) is 0.548. The lowest BCUT2D eigenvalue weighted by atomic mass is 10.1. The monoisotopic (exact) mass is 308 g/mol. The maximum absolute atomic E-state index is 10.9. The highest BCUT2D eigenvalue weighted by molar-refractivity contribution is 7.67. The van der Waals surface area contributed by atoms with Crippen molar-refractivity contribution in [2.75, 3.05) is 17.4 Å². The molecule has 2 N–H and O–H groups in total. The molecule has 0 amide bonds. The van der Waals surface area contributed by atoms with Crippen LogP contribution < -0.4 is 10.4 Å². The Kier molecular flexibility index (Phi) is 4.98. The molecule has 1 aliphatic rings. The van der Waals surface area contributed by atoms with Crippen LogP contribution in [-0.4, -0.2) is 32.6 Å². The normalized spacial score (nSPS) is 16.4. The number of rotatable bonds is 4. The lowest BCUT2D eigenvalue weighted by Crippen LogP contribution is -2.26.